The third kappa shape index (κ3) is 7.90. The summed E-state index contributed by atoms with van der Waals surface area (Å²) in [6, 6.07) is 12.1. The van der Waals surface area contributed by atoms with E-state index in [9.17, 15) is 0 Å². The highest BCUT2D eigenvalue weighted by molar-refractivity contribution is 5.56. The molecule has 2 rings (SSSR count). The lowest BCUT2D eigenvalue weighted by molar-refractivity contribution is 0.214. The standard InChI is InChI=1S/C24H31NO4/c1-5-6-14-27-23-17-19(2)24(20(3)18-23)29-16-15-28-22-11-9-21(10-12-22)8-7-13-25-26-4/h5-6,9-13,17-18H,7-8,14-16H2,1-4H3/b6-5+,25-13?. The van der Waals surface area contributed by atoms with E-state index in [1.807, 2.05) is 57.2 Å². The van der Waals surface area contributed by atoms with Crippen LogP contribution in [0.5, 0.6) is 17.2 Å². The molecule has 0 aliphatic heterocycles. The summed E-state index contributed by atoms with van der Waals surface area (Å²) in [5, 5.41) is 3.74. The lowest BCUT2D eigenvalue weighted by Gasteiger charge is -2.15. The number of hydrogen-bond acceptors (Lipinski definition) is 5. The summed E-state index contributed by atoms with van der Waals surface area (Å²) in [6.07, 6.45) is 7.49. The van der Waals surface area contributed by atoms with Crippen molar-refractivity contribution >= 4 is 6.21 Å². The highest BCUT2D eigenvalue weighted by Crippen LogP contribution is 2.28. The maximum atomic E-state index is 5.95. The monoisotopic (exact) mass is 397 g/mol. The third-order valence-electron chi connectivity index (χ3n) is 4.28. The molecule has 0 amide bonds. The Morgan fingerprint density at radius 3 is 2.24 bits per heavy atom. The summed E-state index contributed by atoms with van der Waals surface area (Å²) in [4.78, 5) is 4.65. The fraction of sp³-hybridized carbons (Fsp3) is 0.375. The Kier molecular flexibility index (Phi) is 9.63. The zero-order valence-corrected chi connectivity index (χ0v) is 17.8. The zero-order chi connectivity index (χ0) is 20.9. The number of hydrogen-bond donors (Lipinski definition) is 0. The van der Waals surface area contributed by atoms with E-state index < -0.39 is 0 Å². The van der Waals surface area contributed by atoms with Gasteiger partial charge in [-0.25, -0.2) is 0 Å². The van der Waals surface area contributed by atoms with E-state index in [1.54, 1.807) is 13.3 Å². The molecular formula is C24H31NO4. The Bertz CT molecular complexity index is 774. The third-order valence-corrected chi connectivity index (χ3v) is 4.28. The molecule has 29 heavy (non-hydrogen) atoms. The van der Waals surface area contributed by atoms with Gasteiger partial charge >= 0.3 is 0 Å². The van der Waals surface area contributed by atoms with Gasteiger partial charge in [0.2, 0.25) is 0 Å². The summed E-state index contributed by atoms with van der Waals surface area (Å²) < 4.78 is 17.5. The van der Waals surface area contributed by atoms with Crippen LogP contribution in [0.4, 0.5) is 0 Å². The molecule has 0 unspecified atom stereocenters. The van der Waals surface area contributed by atoms with Gasteiger partial charge in [0, 0.05) is 6.21 Å². The van der Waals surface area contributed by atoms with Crippen molar-refractivity contribution in [3.63, 3.8) is 0 Å². The number of benzene rings is 2. The average molecular weight is 398 g/mol. The molecule has 2 aromatic rings. The van der Waals surface area contributed by atoms with Crippen molar-refractivity contribution in [3.05, 3.63) is 65.2 Å². The van der Waals surface area contributed by atoms with Crippen molar-refractivity contribution in [3.8, 4) is 17.2 Å². The van der Waals surface area contributed by atoms with Gasteiger partial charge in [-0.2, -0.15) is 0 Å². The second-order valence-electron chi connectivity index (χ2n) is 6.62. The first-order valence-corrected chi connectivity index (χ1v) is 9.88. The molecule has 0 aliphatic carbocycles. The van der Waals surface area contributed by atoms with Crippen LogP contribution in [0, 0.1) is 13.8 Å². The van der Waals surface area contributed by atoms with Crippen molar-refractivity contribution in [2.45, 2.75) is 33.6 Å². The van der Waals surface area contributed by atoms with Crippen LogP contribution < -0.4 is 14.2 Å². The van der Waals surface area contributed by atoms with Gasteiger partial charge in [-0.1, -0.05) is 29.4 Å². The summed E-state index contributed by atoms with van der Waals surface area (Å²) in [5.41, 5.74) is 3.35. The topological polar surface area (TPSA) is 49.3 Å². The molecule has 0 aromatic heterocycles. The molecule has 0 bridgehead atoms. The van der Waals surface area contributed by atoms with Crippen molar-refractivity contribution in [1.82, 2.24) is 0 Å². The van der Waals surface area contributed by atoms with Crippen LogP contribution in [0.1, 0.15) is 30.0 Å². The Hall–Kier alpha value is -2.95. The predicted octanol–water partition coefficient (Wildman–Crippen LogP) is 5.28. The molecule has 0 aliphatic rings. The van der Waals surface area contributed by atoms with Gasteiger partial charge in [0.15, 0.2) is 0 Å². The molecule has 156 valence electrons. The molecular weight excluding hydrogens is 366 g/mol. The van der Waals surface area contributed by atoms with E-state index in [0.29, 0.717) is 19.8 Å². The molecule has 0 atom stereocenters. The predicted molar refractivity (Wildman–Crippen MR) is 117 cm³/mol. The van der Waals surface area contributed by atoms with Crippen LogP contribution in [0.15, 0.2) is 53.7 Å². The SMILES string of the molecule is C/C=C/COc1cc(C)c(OCCOc2ccc(CCC=NOC)cc2)c(C)c1. The van der Waals surface area contributed by atoms with Crippen molar-refractivity contribution in [1.29, 1.82) is 0 Å². The molecule has 5 nitrogen and oxygen atoms in total. The van der Waals surface area contributed by atoms with Crippen LogP contribution in [0.25, 0.3) is 0 Å². The first-order chi connectivity index (χ1) is 14.1. The highest BCUT2D eigenvalue weighted by atomic mass is 16.6. The van der Waals surface area contributed by atoms with E-state index >= 15 is 0 Å². The van der Waals surface area contributed by atoms with E-state index in [-0.39, 0.29) is 0 Å². The quantitative estimate of drug-likeness (QED) is 0.212. The fourth-order valence-electron chi connectivity index (χ4n) is 2.88. The molecule has 0 saturated heterocycles. The Morgan fingerprint density at radius 2 is 1.59 bits per heavy atom. The van der Waals surface area contributed by atoms with Crippen LogP contribution in [-0.2, 0) is 11.3 Å². The lowest BCUT2D eigenvalue weighted by Crippen LogP contribution is -2.10. The first kappa shape index (κ1) is 22.3. The van der Waals surface area contributed by atoms with Gasteiger partial charge in [-0.15, -0.1) is 0 Å². The number of oxime groups is 1. The lowest BCUT2D eigenvalue weighted by atomic mass is 10.1. The largest absolute Gasteiger partial charge is 0.490 e. The molecule has 2 aromatic carbocycles. The Labute approximate surface area is 173 Å². The summed E-state index contributed by atoms with van der Waals surface area (Å²) >= 11 is 0. The molecule has 5 heteroatoms. The Balaban J connectivity index is 1.77. The van der Waals surface area contributed by atoms with Crippen molar-refractivity contribution in [2.75, 3.05) is 26.9 Å². The van der Waals surface area contributed by atoms with Gasteiger partial charge in [-0.3, -0.25) is 0 Å². The van der Waals surface area contributed by atoms with E-state index in [2.05, 4.69) is 22.1 Å². The van der Waals surface area contributed by atoms with Crippen LogP contribution in [0.2, 0.25) is 0 Å². The number of allylic oxidation sites excluding steroid dienone is 1. The normalized spacial score (nSPS) is 11.2. The molecule has 0 fully saturated rings. The maximum Gasteiger partial charge on any atom is 0.125 e. The van der Waals surface area contributed by atoms with Crippen LogP contribution in [-0.4, -0.2) is 33.1 Å². The summed E-state index contributed by atoms with van der Waals surface area (Å²) in [5.74, 6) is 2.58. The summed E-state index contributed by atoms with van der Waals surface area (Å²) in [6.45, 7) is 7.58. The van der Waals surface area contributed by atoms with Crippen molar-refractivity contribution < 1.29 is 19.0 Å². The van der Waals surface area contributed by atoms with Crippen LogP contribution >= 0.6 is 0 Å². The van der Waals surface area contributed by atoms with E-state index in [4.69, 9.17) is 14.2 Å². The molecule has 0 heterocycles. The second kappa shape index (κ2) is 12.5. The number of rotatable bonds is 12. The molecule has 0 saturated carbocycles. The smallest absolute Gasteiger partial charge is 0.125 e. The van der Waals surface area contributed by atoms with E-state index in [1.165, 1.54) is 5.56 Å². The van der Waals surface area contributed by atoms with Gasteiger partial charge in [0.25, 0.3) is 0 Å². The number of ether oxygens (including phenoxy) is 3. The number of nitrogens with zero attached hydrogens (tertiary/aromatic N) is 1. The average Bonchev–Trinajstić information content (AvgIpc) is 2.71. The highest BCUT2D eigenvalue weighted by Gasteiger charge is 2.07. The van der Waals surface area contributed by atoms with Gasteiger partial charge in [-0.05, 0) is 74.6 Å². The zero-order valence-electron chi connectivity index (χ0n) is 17.8. The molecule has 0 radical (unpaired) electrons. The minimum absolute atomic E-state index is 0.482. The first-order valence-electron chi connectivity index (χ1n) is 9.88. The number of aryl methyl sites for hydroxylation is 3. The minimum Gasteiger partial charge on any atom is -0.490 e. The Morgan fingerprint density at radius 1 is 0.897 bits per heavy atom. The molecule has 0 N–H and O–H groups in total. The maximum absolute atomic E-state index is 5.95. The summed E-state index contributed by atoms with van der Waals surface area (Å²) in [7, 11) is 1.55. The minimum atomic E-state index is 0.482. The van der Waals surface area contributed by atoms with Gasteiger partial charge in [0.1, 0.15) is 44.2 Å². The van der Waals surface area contributed by atoms with Crippen molar-refractivity contribution in [2.24, 2.45) is 5.16 Å². The van der Waals surface area contributed by atoms with Gasteiger partial charge in [0.05, 0.1) is 0 Å². The fourth-order valence-corrected chi connectivity index (χ4v) is 2.88. The van der Waals surface area contributed by atoms with Gasteiger partial charge < -0.3 is 19.0 Å². The van der Waals surface area contributed by atoms with Crippen LogP contribution in [0.3, 0.4) is 0 Å². The van der Waals surface area contributed by atoms with E-state index in [0.717, 1.165) is 41.2 Å². The second-order valence-corrected chi connectivity index (χ2v) is 6.62. The molecule has 0 spiro atoms.